The smallest absolute Gasteiger partial charge is 0.282 e. The molecule has 1 heterocycles. The van der Waals surface area contributed by atoms with E-state index in [1.165, 1.54) is 29.2 Å². The van der Waals surface area contributed by atoms with E-state index in [1.807, 2.05) is 0 Å². The van der Waals surface area contributed by atoms with Gasteiger partial charge in [-0.1, -0.05) is 30.4 Å². The molecule has 0 amide bonds. The highest BCUT2D eigenvalue weighted by atomic mass is 32.2. The zero-order chi connectivity index (χ0) is 14.4. The van der Waals surface area contributed by atoms with E-state index < -0.39 is 0 Å². The zero-order valence-electron chi connectivity index (χ0n) is 10.9. The Morgan fingerprint density at radius 1 is 1.40 bits per heavy atom. The minimum absolute atomic E-state index is 0.131. The Hall–Kier alpha value is -1.67. The lowest BCUT2D eigenvalue weighted by Gasteiger charge is -2.00. The third kappa shape index (κ3) is 3.91. The number of nitro groups is 1. The van der Waals surface area contributed by atoms with Gasteiger partial charge in [-0.15, -0.1) is 22.0 Å². The van der Waals surface area contributed by atoms with Crippen LogP contribution in [0.1, 0.15) is 18.4 Å². The molecule has 0 radical (unpaired) electrons. The molecule has 0 saturated carbocycles. The molecule has 106 valence electrons. The summed E-state index contributed by atoms with van der Waals surface area (Å²) in [5, 5.41) is 23.8. The highest BCUT2D eigenvalue weighted by Crippen LogP contribution is 2.32. The molecule has 0 bridgehead atoms. The number of aromatic nitrogens is 2. The van der Waals surface area contributed by atoms with Crippen LogP contribution in [0, 0.1) is 10.1 Å². The molecule has 0 saturated heterocycles. The maximum atomic E-state index is 10.9. The van der Waals surface area contributed by atoms with Gasteiger partial charge in [-0.25, -0.2) is 0 Å². The second-order valence-electron chi connectivity index (χ2n) is 3.94. The average Bonchev–Trinajstić information content (AvgIpc) is 2.91. The van der Waals surface area contributed by atoms with Crippen LogP contribution < -0.4 is 5.32 Å². The van der Waals surface area contributed by atoms with Crippen molar-refractivity contribution in [3.8, 4) is 0 Å². The predicted molar refractivity (Wildman–Crippen MR) is 81.3 cm³/mol. The van der Waals surface area contributed by atoms with Crippen molar-refractivity contribution in [2.75, 3.05) is 11.9 Å². The molecule has 0 aliphatic carbocycles. The lowest BCUT2D eigenvalue weighted by molar-refractivity contribution is -0.387. The summed E-state index contributed by atoms with van der Waals surface area (Å²) in [5.74, 6) is 0.580. The van der Waals surface area contributed by atoms with Crippen LogP contribution in [0.15, 0.2) is 29.2 Å². The van der Waals surface area contributed by atoms with Gasteiger partial charge in [-0.05, 0) is 12.5 Å². The summed E-state index contributed by atoms with van der Waals surface area (Å²) in [4.78, 5) is 11.2. The van der Waals surface area contributed by atoms with Gasteiger partial charge in [0.15, 0.2) is 0 Å². The minimum Gasteiger partial charge on any atom is -0.360 e. The number of nitro benzene ring substituents is 1. The maximum Gasteiger partial charge on any atom is 0.282 e. The number of benzene rings is 1. The Morgan fingerprint density at radius 2 is 2.20 bits per heavy atom. The van der Waals surface area contributed by atoms with Crippen LogP contribution in [0.3, 0.4) is 0 Å². The number of rotatable bonds is 7. The Bertz CT molecular complexity index is 588. The highest BCUT2D eigenvalue weighted by molar-refractivity contribution is 7.98. The molecule has 0 fully saturated rings. The van der Waals surface area contributed by atoms with Crippen molar-refractivity contribution in [2.24, 2.45) is 0 Å². The number of hydrogen-bond acceptors (Lipinski definition) is 7. The predicted octanol–water partition coefficient (Wildman–Crippen LogP) is 3.56. The van der Waals surface area contributed by atoms with Gasteiger partial charge >= 0.3 is 0 Å². The number of nitrogens with zero attached hydrogens (tertiary/aromatic N) is 3. The Labute approximate surface area is 124 Å². The maximum absolute atomic E-state index is 10.9. The molecular weight excluding hydrogens is 296 g/mol. The van der Waals surface area contributed by atoms with Gasteiger partial charge in [0, 0.05) is 12.6 Å². The van der Waals surface area contributed by atoms with Crippen molar-refractivity contribution >= 4 is 33.9 Å². The number of para-hydroxylation sites is 1. The summed E-state index contributed by atoms with van der Waals surface area (Å²) in [6.45, 7) is 2.95. The monoisotopic (exact) mass is 310 g/mol. The van der Waals surface area contributed by atoms with Crippen LogP contribution in [-0.4, -0.2) is 21.7 Å². The molecule has 0 spiro atoms. The van der Waals surface area contributed by atoms with Crippen LogP contribution in [0.5, 0.6) is 0 Å². The quantitative estimate of drug-likeness (QED) is 0.478. The van der Waals surface area contributed by atoms with E-state index in [0.29, 0.717) is 10.6 Å². The molecule has 0 aliphatic rings. The summed E-state index contributed by atoms with van der Waals surface area (Å²) < 4.78 is 0. The molecule has 2 aromatic rings. The molecule has 20 heavy (non-hydrogen) atoms. The summed E-state index contributed by atoms with van der Waals surface area (Å²) in [6.07, 6.45) is 1.03. The van der Waals surface area contributed by atoms with Crippen LogP contribution >= 0.6 is 23.1 Å². The fourth-order valence-electron chi connectivity index (χ4n) is 1.48. The SMILES string of the molecule is CCCNc1nnc(CSc2ccccc2[N+](=O)[O-])s1. The molecule has 0 atom stereocenters. The van der Waals surface area contributed by atoms with Gasteiger partial charge in [0.1, 0.15) is 5.01 Å². The molecule has 6 nitrogen and oxygen atoms in total. The Morgan fingerprint density at radius 3 is 2.95 bits per heavy atom. The van der Waals surface area contributed by atoms with Crippen molar-refractivity contribution in [1.82, 2.24) is 10.2 Å². The average molecular weight is 310 g/mol. The van der Waals surface area contributed by atoms with Crippen LogP contribution in [0.2, 0.25) is 0 Å². The van der Waals surface area contributed by atoms with E-state index in [4.69, 9.17) is 0 Å². The lowest BCUT2D eigenvalue weighted by atomic mass is 10.3. The van der Waals surface area contributed by atoms with Crippen LogP contribution in [0.25, 0.3) is 0 Å². The molecule has 1 N–H and O–H groups in total. The molecular formula is C12H14N4O2S2. The second-order valence-corrected chi connectivity index (χ2v) is 6.02. The Kier molecular flexibility index (Phi) is 5.31. The van der Waals surface area contributed by atoms with Crippen molar-refractivity contribution < 1.29 is 4.92 Å². The number of hydrogen-bond donors (Lipinski definition) is 1. The fraction of sp³-hybridized carbons (Fsp3) is 0.333. The largest absolute Gasteiger partial charge is 0.360 e. The number of anilines is 1. The van der Waals surface area contributed by atoms with Crippen molar-refractivity contribution in [2.45, 2.75) is 24.0 Å². The number of nitrogens with one attached hydrogen (secondary N) is 1. The van der Waals surface area contributed by atoms with Gasteiger partial charge < -0.3 is 5.32 Å². The first-order chi connectivity index (χ1) is 9.70. The van der Waals surface area contributed by atoms with E-state index in [2.05, 4.69) is 22.4 Å². The van der Waals surface area contributed by atoms with E-state index in [0.717, 1.165) is 23.1 Å². The van der Waals surface area contributed by atoms with Crippen molar-refractivity contribution in [3.63, 3.8) is 0 Å². The molecule has 1 aromatic carbocycles. The van der Waals surface area contributed by atoms with Crippen LogP contribution in [0.4, 0.5) is 10.8 Å². The van der Waals surface area contributed by atoms with Gasteiger partial charge in [-0.2, -0.15) is 0 Å². The standard InChI is InChI=1S/C12H14N4O2S2/c1-2-7-13-12-15-14-11(20-12)8-19-10-6-4-3-5-9(10)16(17)18/h3-6H,2,7-8H2,1H3,(H,13,15). The van der Waals surface area contributed by atoms with Crippen molar-refractivity contribution in [3.05, 3.63) is 39.4 Å². The molecule has 8 heteroatoms. The third-order valence-corrected chi connectivity index (χ3v) is 4.54. The first-order valence-electron chi connectivity index (χ1n) is 6.13. The molecule has 0 aliphatic heterocycles. The third-order valence-electron chi connectivity index (χ3n) is 2.41. The van der Waals surface area contributed by atoms with E-state index in [1.54, 1.807) is 18.2 Å². The van der Waals surface area contributed by atoms with E-state index in [9.17, 15) is 10.1 Å². The normalized spacial score (nSPS) is 10.4. The summed E-state index contributed by atoms with van der Waals surface area (Å²) in [7, 11) is 0. The lowest BCUT2D eigenvalue weighted by Crippen LogP contribution is -1.98. The van der Waals surface area contributed by atoms with Gasteiger partial charge in [-0.3, -0.25) is 10.1 Å². The summed E-state index contributed by atoms with van der Waals surface area (Å²) >= 11 is 2.89. The molecule has 1 aromatic heterocycles. The topological polar surface area (TPSA) is 81.0 Å². The number of thioether (sulfide) groups is 1. The highest BCUT2D eigenvalue weighted by Gasteiger charge is 2.13. The van der Waals surface area contributed by atoms with E-state index >= 15 is 0 Å². The first-order valence-corrected chi connectivity index (χ1v) is 7.93. The van der Waals surface area contributed by atoms with E-state index in [-0.39, 0.29) is 10.6 Å². The zero-order valence-corrected chi connectivity index (χ0v) is 12.5. The molecule has 0 unspecified atom stereocenters. The summed E-state index contributed by atoms with van der Waals surface area (Å²) in [5.41, 5.74) is 0.131. The Balaban J connectivity index is 1.98. The van der Waals surface area contributed by atoms with Gasteiger partial charge in [0.2, 0.25) is 5.13 Å². The molecule has 2 rings (SSSR count). The summed E-state index contributed by atoms with van der Waals surface area (Å²) in [6, 6.07) is 6.72. The first kappa shape index (κ1) is 14.7. The second kappa shape index (κ2) is 7.20. The minimum atomic E-state index is -0.364. The fourth-order valence-corrected chi connectivity index (χ4v) is 3.26. The van der Waals surface area contributed by atoms with Crippen LogP contribution in [-0.2, 0) is 5.75 Å². The van der Waals surface area contributed by atoms with Gasteiger partial charge in [0.05, 0.1) is 15.6 Å². The van der Waals surface area contributed by atoms with Crippen molar-refractivity contribution in [1.29, 1.82) is 0 Å². The van der Waals surface area contributed by atoms with Gasteiger partial charge in [0.25, 0.3) is 5.69 Å².